The van der Waals surface area contributed by atoms with Gasteiger partial charge in [0.25, 0.3) is 0 Å². The number of hydrogen-bond acceptors (Lipinski definition) is 2. The number of carbonyl (C=O) groups excluding carboxylic acids is 2. The van der Waals surface area contributed by atoms with Crippen molar-refractivity contribution in [3.8, 4) is 0 Å². The summed E-state index contributed by atoms with van der Waals surface area (Å²) in [6.45, 7) is 4.20. The van der Waals surface area contributed by atoms with Gasteiger partial charge in [0.15, 0.2) is 0 Å². The predicted molar refractivity (Wildman–Crippen MR) is 72.6 cm³/mol. The molecule has 4 nitrogen and oxygen atoms in total. The quantitative estimate of drug-likeness (QED) is 0.767. The van der Waals surface area contributed by atoms with E-state index >= 15 is 0 Å². The zero-order valence-electron chi connectivity index (χ0n) is 12.6. The van der Waals surface area contributed by atoms with Crippen molar-refractivity contribution in [1.29, 1.82) is 0 Å². The van der Waals surface area contributed by atoms with E-state index in [9.17, 15) is 22.8 Å². The summed E-state index contributed by atoms with van der Waals surface area (Å²) in [7, 11) is 0. The Hall–Kier alpha value is -1.27. The molecule has 122 valence electrons. The van der Waals surface area contributed by atoms with Crippen molar-refractivity contribution in [3.63, 3.8) is 0 Å². The summed E-state index contributed by atoms with van der Waals surface area (Å²) in [6, 6.07) is 0. The van der Waals surface area contributed by atoms with Crippen LogP contribution in [0.5, 0.6) is 0 Å². The van der Waals surface area contributed by atoms with Gasteiger partial charge in [-0.1, -0.05) is 13.8 Å². The number of alkyl halides is 3. The molecule has 2 amide bonds. The second-order valence-corrected chi connectivity index (χ2v) is 5.45. The first kappa shape index (κ1) is 17.8. The average molecular weight is 308 g/mol. The Morgan fingerprint density at radius 3 is 2.33 bits per heavy atom. The molecule has 7 heteroatoms. The molecule has 0 bridgehead atoms. The maximum Gasteiger partial charge on any atom is 0.389 e. The molecule has 21 heavy (non-hydrogen) atoms. The molecule has 0 atom stereocenters. The summed E-state index contributed by atoms with van der Waals surface area (Å²) < 4.78 is 36.3. The van der Waals surface area contributed by atoms with E-state index in [0.717, 1.165) is 0 Å². The molecule has 0 aromatic rings. The van der Waals surface area contributed by atoms with E-state index in [4.69, 9.17) is 0 Å². The number of carbonyl (C=O) groups is 2. The molecule has 0 aromatic heterocycles. The topological polar surface area (TPSA) is 49.4 Å². The Morgan fingerprint density at radius 2 is 1.81 bits per heavy atom. The monoisotopic (exact) mass is 308 g/mol. The lowest BCUT2D eigenvalue weighted by molar-refractivity contribution is -0.140. The van der Waals surface area contributed by atoms with Gasteiger partial charge in [0.1, 0.15) is 5.54 Å². The van der Waals surface area contributed by atoms with Crippen LogP contribution in [-0.2, 0) is 9.59 Å². The van der Waals surface area contributed by atoms with Gasteiger partial charge in [0.2, 0.25) is 11.8 Å². The molecule has 1 heterocycles. The fourth-order valence-corrected chi connectivity index (χ4v) is 2.59. The molecule has 1 N–H and O–H groups in total. The van der Waals surface area contributed by atoms with Crippen molar-refractivity contribution >= 4 is 11.8 Å². The normalized spacial score (nSPS) is 19.4. The maximum atomic E-state index is 12.6. The lowest BCUT2D eigenvalue weighted by Gasteiger charge is -2.33. The van der Waals surface area contributed by atoms with Crippen LogP contribution in [0.25, 0.3) is 0 Å². The molecular formula is C14H23F3N2O2. The van der Waals surface area contributed by atoms with E-state index in [1.807, 2.05) is 13.8 Å². The first-order chi connectivity index (χ1) is 9.74. The molecule has 1 saturated heterocycles. The Bertz CT molecular complexity index is 379. The minimum atomic E-state index is -4.16. The number of hydrogen-bond donors (Lipinski definition) is 1. The van der Waals surface area contributed by atoms with Gasteiger partial charge in [-0.2, -0.15) is 13.2 Å². The van der Waals surface area contributed by atoms with Gasteiger partial charge in [0, 0.05) is 25.9 Å². The fourth-order valence-electron chi connectivity index (χ4n) is 2.59. The van der Waals surface area contributed by atoms with Crippen LogP contribution in [0.15, 0.2) is 0 Å². The van der Waals surface area contributed by atoms with Crippen molar-refractivity contribution in [2.24, 2.45) is 0 Å². The SMILES string of the molecule is CCC1(CC)NC(=O)CCN(CCCCC(F)(F)F)C1=O. The van der Waals surface area contributed by atoms with Crippen LogP contribution >= 0.6 is 0 Å². The Morgan fingerprint density at radius 1 is 1.19 bits per heavy atom. The number of nitrogens with zero attached hydrogens (tertiary/aromatic N) is 1. The second-order valence-electron chi connectivity index (χ2n) is 5.45. The van der Waals surface area contributed by atoms with Crippen molar-refractivity contribution in [3.05, 3.63) is 0 Å². The first-order valence-electron chi connectivity index (χ1n) is 7.41. The van der Waals surface area contributed by atoms with Gasteiger partial charge < -0.3 is 10.2 Å². The molecule has 0 aromatic carbocycles. The number of amides is 2. The van der Waals surface area contributed by atoms with Crippen molar-refractivity contribution < 1.29 is 22.8 Å². The minimum Gasteiger partial charge on any atom is -0.342 e. The molecular weight excluding hydrogens is 285 g/mol. The van der Waals surface area contributed by atoms with E-state index in [0.29, 0.717) is 19.3 Å². The predicted octanol–water partition coefficient (Wildman–Crippen LogP) is 2.63. The highest BCUT2D eigenvalue weighted by Gasteiger charge is 2.41. The van der Waals surface area contributed by atoms with Crippen LogP contribution in [0, 0.1) is 0 Å². The largest absolute Gasteiger partial charge is 0.389 e. The Kier molecular flexibility index (Phi) is 6.04. The molecule has 1 aliphatic heterocycles. The number of halogens is 3. The van der Waals surface area contributed by atoms with E-state index in [2.05, 4.69) is 5.32 Å². The van der Waals surface area contributed by atoms with Crippen LogP contribution in [0.4, 0.5) is 13.2 Å². The van der Waals surface area contributed by atoms with Gasteiger partial charge in [0.05, 0.1) is 0 Å². The van der Waals surface area contributed by atoms with Gasteiger partial charge in [-0.15, -0.1) is 0 Å². The number of nitrogens with one attached hydrogen (secondary N) is 1. The molecule has 0 unspecified atom stereocenters. The smallest absolute Gasteiger partial charge is 0.342 e. The molecule has 0 spiro atoms. The Balaban J connectivity index is 2.64. The van der Waals surface area contributed by atoms with Crippen LogP contribution in [0.3, 0.4) is 0 Å². The molecule has 0 aliphatic carbocycles. The zero-order chi connectivity index (χ0) is 16.1. The molecule has 1 rings (SSSR count). The Labute approximate surface area is 123 Å². The molecule has 1 aliphatic rings. The summed E-state index contributed by atoms with van der Waals surface area (Å²) in [5.41, 5.74) is -0.905. The van der Waals surface area contributed by atoms with Crippen LogP contribution in [0.2, 0.25) is 0 Å². The highest BCUT2D eigenvalue weighted by atomic mass is 19.4. The zero-order valence-corrected chi connectivity index (χ0v) is 12.6. The molecule has 0 radical (unpaired) electrons. The number of rotatable bonds is 6. The lowest BCUT2D eigenvalue weighted by Crippen LogP contribution is -2.56. The molecule has 1 fully saturated rings. The third kappa shape index (κ3) is 4.89. The first-order valence-corrected chi connectivity index (χ1v) is 7.41. The minimum absolute atomic E-state index is 0.0000942. The average Bonchev–Trinajstić information content (AvgIpc) is 2.53. The van der Waals surface area contributed by atoms with E-state index in [1.165, 1.54) is 4.90 Å². The van der Waals surface area contributed by atoms with Crippen molar-refractivity contribution in [2.75, 3.05) is 13.1 Å². The van der Waals surface area contributed by atoms with Crippen molar-refractivity contribution in [1.82, 2.24) is 10.2 Å². The van der Waals surface area contributed by atoms with Crippen LogP contribution in [0.1, 0.15) is 52.4 Å². The van der Waals surface area contributed by atoms with Gasteiger partial charge in [-0.05, 0) is 25.7 Å². The second kappa shape index (κ2) is 7.13. The summed E-state index contributed by atoms with van der Waals surface area (Å²) in [4.78, 5) is 25.8. The van der Waals surface area contributed by atoms with E-state index in [1.54, 1.807) is 0 Å². The maximum absolute atomic E-state index is 12.6. The third-order valence-corrected chi connectivity index (χ3v) is 4.03. The fraction of sp³-hybridized carbons (Fsp3) is 0.857. The van der Waals surface area contributed by atoms with Crippen molar-refractivity contribution in [2.45, 2.75) is 64.1 Å². The van der Waals surface area contributed by atoms with E-state index < -0.39 is 18.1 Å². The highest BCUT2D eigenvalue weighted by molar-refractivity contribution is 5.93. The third-order valence-electron chi connectivity index (χ3n) is 4.03. The summed E-state index contributed by atoms with van der Waals surface area (Å²) in [5, 5.41) is 2.78. The standard InChI is InChI=1S/C14H23F3N2O2/c1-3-13(4-2)12(21)19(10-7-11(20)18-13)9-6-5-8-14(15,16)17/h3-10H2,1-2H3,(H,18,20). The van der Waals surface area contributed by atoms with Gasteiger partial charge in [-0.3, -0.25) is 9.59 Å². The summed E-state index contributed by atoms with van der Waals surface area (Å²) in [5.74, 6) is -0.352. The number of unbranched alkanes of at least 4 members (excludes halogenated alkanes) is 1. The lowest BCUT2D eigenvalue weighted by atomic mass is 9.91. The summed E-state index contributed by atoms with van der Waals surface area (Å²) in [6.07, 6.45) is -3.54. The van der Waals surface area contributed by atoms with Crippen LogP contribution in [-0.4, -0.2) is 41.5 Å². The van der Waals surface area contributed by atoms with Gasteiger partial charge >= 0.3 is 6.18 Å². The highest BCUT2D eigenvalue weighted by Crippen LogP contribution is 2.24. The van der Waals surface area contributed by atoms with Gasteiger partial charge in [-0.25, -0.2) is 0 Å². The van der Waals surface area contributed by atoms with Crippen LogP contribution < -0.4 is 5.32 Å². The summed E-state index contributed by atoms with van der Waals surface area (Å²) >= 11 is 0. The molecule has 0 saturated carbocycles. The van der Waals surface area contributed by atoms with E-state index in [-0.39, 0.29) is 37.7 Å².